The fourth-order valence-electron chi connectivity index (χ4n) is 2.07. The van der Waals surface area contributed by atoms with Crippen molar-refractivity contribution in [2.24, 2.45) is 0 Å². The molecule has 0 heterocycles. The lowest BCUT2D eigenvalue weighted by atomic mass is 10.2. The lowest BCUT2D eigenvalue weighted by molar-refractivity contribution is -0.137. The van der Waals surface area contributed by atoms with E-state index in [4.69, 9.17) is 33.0 Å². The van der Waals surface area contributed by atoms with Crippen LogP contribution in [-0.4, -0.2) is 42.5 Å². The summed E-state index contributed by atoms with van der Waals surface area (Å²) in [6, 6.07) is 7.86. The first kappa shape index (κ1) is 18.9. The third-order valence-corrected chi connectivity index (χ3v) is 3.55. The zero-order chi connectivity index (χ0) is 16.2. The summed E-state index contributed by atoms with van der Waals surface area (Å²) in [6.07, 6.45) is 2.65. The summed E-state index contributed by atoms with van der Waals surface area (Å²) in [5, 5.41) is 8.54. The van der Waals surface area contributed by atoms with Crippen molar-refractivity contribution in [3.05, 3.63) is 24.3 Å². The van der Waals surface area contributed by atoms with Gasteiger partial charge in [0, 0.05) is 37.0 Å². The monoisotopic (exact) mass is 347 g/mol. The molecular formula is C16H23Cl2NO3. The summed E-state index contributed by atoms with van der Waals surface area (Å²) in [5.74, 6) is 1.20. The molecule has 0 saturated carbocycles. The Hall–Kier alpha value is -1.13. The van der Waals surface area contributed by atoms with Crippen molar-refractivity contribution in [3.63, 3.8) is 0 Å². The highest BCUT2D eigenvalue weighted by molar-refractivity contribution is 6.18. The van der Waals surface area contributed by atoms with E-state index in [0.717, 1.165) is 37.4 Å². The highest BCUT2D eigenvalue weighted by Gasteiger charge is 2.05. The molecule has 0 fully saturated rings. The van der Waals surface area contributed by atoms with Crippen LogP contribution in [0.3, 0.4) is 0 Å². The second kappa shape index (κ2) is 11.4. The van der Waals surface area contributed by atoms with Gasteiger partial charge in [0.25, 0.3) is 0 Å². The minimum absolute atomic E-state index is 0.228. The van der Waals surface area contributed by atoms with Crippen LogP contribution >= 0.6 is 23.2 Å². The fourth-order valence-corrected chi connectivity index (χ4v) is 2.48. The predicted octanol–water partition coefficient (Wildman–Crippen LogP) is 3.99. The van der Waals surface area contributed by atoms with Crippen molar-refractivity contribution >= 4 is 34.9 Å². The summed E-state index contributed by atoms with van der Waals surface area (Å²) in [6.45, 7) is 2.13. The fraction of sp³-hybridized carbons (Fsp3) is 0.562. The number of hydrogen-bond acceptors (Lipinski definition) is 3. The van der Waals surface area contributed by atoms with Gasteiger partial charge in [0.15, 0.2) is 0 Å². The van der Waals surface area contributed by atoms with Gasteiger partial charge in [0.2, 0.25) is 0 Å². The zero-order valence-electron chi connectivity index (χ0n) is 12.6. The van der Waals surface area contributed by atoms with Crippen LogP contribution in [0, 0.1) is 0 Å². The molecule has 0 radical (unpaired) electrons. The summed E-state index contributed by atoms with van der Waals surface area (Å²) >= 11 is 11.6. The molecule has 0 saturated heterocycles. The van der Waals surface area contributed by atoms with Gasteiger partial charge in [-0.15, -0.1) is 23.2 Å². The average molecular weight is 348 g/mol. The molecule has 0 bridgehead atoms. The van der Waals surface area contributed by atoms with Crippen LogP contribution in [0.5, 0.6) is 5.75 Å². The summed E-state index contributed by atoms with van der Waals surface area (Å²) in [4.78, 5) is 12.5. The molecule has 22 heavy (non-hydrogen) atoms. The SMILES string of the molecule is O=C(O)CCCCCOc1ccc(N(CCCl)CCCl)cc1. The van der Waals surface area contributed by atoms with Gasteiger partial charge >= 0.3 is 5.97 Å². The molecule has 0 atom stereocenters. The number of aliphatic carboxylic acids is 1. The Labute approximate surface area is 142 Å². The Morgan fingerprint density at radius 2 is 1.68 bits per heavy atom. The number of hydrogen-bond donors (Lipinski definition) is 1. The van der Waals surface area contributed by atoms with E-state index in [1.807, 2.05) is 24.3 Å². The zero-order valence-corrected chi connectivity index (χ0v) is 14.2. The minimum atomic E-state index is -0.741. The van der Waals surface area contributed by atoms with Gasteiger partial charge in [-0.3, -0.25) is 4.79 Å². The number of nitrogens with zero attached hydrogens (tertiary/aromatic N) is 1. The smallest absolute Gasteiger partial charge is 0.303 e. The predicted molar refractivity (Wildman–Crippen MR) is 91.7 cm³/mol. The number of rotatable bonds is 12. The van der Waals surface area contributed by atoms with Crippen LogP contribution in [0.25, 0.3) is 0 Å². The quantitative estimate of drug-likeness (QED) is 0.458. The summed E-state index contributed by atoms with van der Waals surface area (Å²) in [7, 11) is 0. The molecule has 0 aliphatic carbocycles. The molecule has 0 aliphatic rings. The van der Waals surface area contributed by atoms with Crippen LogP contribution in [0.1, 0.15) is 25.7 Å². The number of alkyl halides is 2. The van der Waals surface area contributed by atoms with Gasteiger partial charge in [0.1, 0.15) is 5.75 Å². The van der Waals surface area contributed by atoms with E-state index in [2.05, 4.69) is 4.90 Å². The molecule has 124 valence electrons. The average Bonchev–Trinajstić information content (AvgIpc) is 2.51. The number of carbonyl (C=O) groups is 1. The lowest BCUT2D eigenvalue weighted by Crippen LogP contribution is -2.27. The number of carboxylic acid groups (broad SMARTS) is 1. The van der Waals surface area contributed by atoms with Gasteiger partial charge in [-0.1, -0.05) is 0 Å². The van der Waals surface area contributed by atoms with E-state index in [1.165, 1.54) is 0 Å². The lowest BCUT2D eigenvalue weighted by Gasteiger charge is -2.23. The van der Waals surface area contributed by atoms with E-state index < -0.39 is 5.97 Å². The summed E-state index contributed by atoms with van der Waals surface area (Å²) in [5.41, 5.74) is 1.08. The van der Waals surface area contributed by atoms with Crippen molar-refractivity contribution in [2.75, 3.05) is 36.4 Å². The first-order valence-corrected chi connectivity index (χ1v) is 8.56. The molecule has 0 aromatic heterocycles. The number of carboxylic acids is 1. The number of halogens is 2. The number of anilines is 1. The van der Waals surface area contributed by atoms with Crippen molar-refractivity contribution in [3.8, 4) is 5.75 Å². The van der Waals surface area contributed by atoms with E-state index >= 15 is 0 Å². The maximum absolute atomic E-state index is 10.4. The van der Waals surface area contributed by atoms with E-state index in [1.54, 1.807) is 0 Å². The van der Waals surface area contributed by atoms with E-state index in [0.29, 0.717) is 24.8 Å². The van der Waals surface area contributed by atoms with E-state index in [-0.39, 0.29) is 6.42 Å². The Morgan fingerprint density at radius 3 is 2.23 bits per heavy atom. The van der Waals surface area contributed by atoms with Crippen molar-refractivity contribution in [1.29, 1.82) is 0 Å². The molecule has 1 rings (SSSR count). The van der Waals surface area contributed by atoms with Crippen LogP contribution in [0.4, 0.5) is 5.69 Å². The molecule has 6 heteroatoms. The Morgan fingerprint density at radius 1 is 1.05 bits per heavy atom. The maximum atomic E-state index is 10.4. The van der Waals surface area contributed by atoms with Crippen molar-refractivity contribution in [1.82, 2.24) is 0 Å². The number of benzene rings is 1. The molecule has 4 nitrogen and oxygen atoms in total. The molecule has 0 unspecified atom stereocenters. The first-order valence-electron chi connectivity index (χ1n) is 7.49. The van der Waals surface area contributed by atoms with Crippen LogP contribution < -0.4 is 9.64 Å². The molecule has 1 aromatic carbocycles. The Kier molecular flexibility index (Phi) is 9.84. The third-order valence-electron chi connectivity index (χ3n) is 3.21. The third kappa shape index (κ3) is 7.76. The normalized spacial score (nSPS) is 10.5. The van der Waals surface area contributed by atoms with Gasteiger partial charge < -0.3 is 14.7 Å². The Balaban J connectivity index is 2.33. The largest absolute Gasteiger partial charge is 0.494 e. The molecule has 0 amide bonds. The molecule has 0 spiro atoms. The molecule has 0 aliphatic heterocycles. The van der Waals surface area contributed by atoms with Gasteiger partial charge in [-0.25, -0.2) is 0 Å². The van der Waals surface area contributed by atoms with Crippen LogP contribution in [0.15, 0.2) is 24.3 Å². The minimum Gasteiger partial charge on any atom is -0.494 e. The van der Waals surface area contributed by atoms with Crippen LogP contribution in [0.2, 0.25) is 0 Å². The van der Waals surface area contributed by atoms with Gasteiger partial charge in [-0.2, -0.15) is 0 Å². The van der Waals surface area contributed by atoms with Gasteiger partial charge in [-0.05, 0) is 43.5 Å². The van der Waals surface area contributed by atoms with E-state index in [9.17, 15) is 4.79 Å². The van der Waals surface area contributed by atoms with Gasteiger partial charge in [0.05, 0.1) is 6.61 Å². The Bertz CT molecular complexity index is 420. The number of ether oxygens (including phenoxy) is 1. The summed E-state index contributed by atoms with van der Waals surface area (Å²) < 4.78 is 5.65. The number of unbranched alkanes of at least 4 members (excludes halogenated alkanes) is 2. The highest BCUT2D eigenvalue weighted by atomic mass is 35.5. The molecular weight excluding hydrogens is 325 g/mol. The first-order chi connectivity index (χ1) is 10.7. The topological polar surface area (TPSA) is 49.8 Å². The van der Waals surface area contributed by atoms with Crippen LogP contribution in [-0.2, 0) is 4.79 Å². The van der Waals surface area contributed by atoms with Crippen molar-refractivity contribution < 1.29 is 14.6 Å². The van der Waals surface area contributed by atoms with Crippen molar-refractivity contribution in [2.45, 2.75) is 25.7 Å². The standard InChI is InChI=1S/C16H23Cl2NO3/c17-9-11-19(12-10-18)14-5-7-15(8-6-14)22-13-3-1-2-4-16(20)21/h5-8H,1-4,9-13H2,(H,20,21). The second-order valence-corrected chi connectivity index (χ2v) is 5.67. The second-order valence-electron chi connectivity index (χ2n) is 4.91. The molecule has 1 aromatic rings. The highest BCUT2D eigenvalue weighted by Crippen LogP contribution is 2.20. The maximum Gasteiger partial charge on any atom is 0.303 e. The molecule has 1 N–H and O–H groups in total.